The van der Waals surface area contributed by atoms with E-state index in [-0.39, 0.29) is 0 Å². The number of pyridine rings is 1. The van der Waals surface area contributed by atoms with Crippen molar-refractivity contribution in [3.05, 3.63) is 41.7 Å². The number of aromatic nitrogens is 1. The highest BCUT2D eigenvalue weighted by atomic mass is 19.4. The van der Waals surface area contributed by atoms with Crippen LogP contribution in [0.15, 0.2) is 30.6 Å². The van der Waals surface area contributed by atoms with Gasteiger partial charge in [-0.25, -0.2) is 0 Å². The molecule has 1 fully saturated rings. The maximum atomic E-state index is 12.4. The Balaban J connectivity index is 1.66. The van der Waals surface area contributed by atoms with E-state index >= 15 is 0 Å². The Kier molecular flexibility index (Phi) is 4.28. The van der Waals surface area contributed by atoms with Gasteiger partial charge in [0.15, 0.2) is 0 Å². The first-order valence-electron chi connectivity index (χ1n) is 7.46. The number of fused-ring (bicyclic) bond motifs is 1. The second-order valence-electron chi connectivity index (χ2n) is 5.80. The largest absolute Gasteiger partial charge is 0.401 e. The van der Waals surface area contributed by atoms with E-state index in [0.717, 1.165) is 11.1 Å². The molecule has 23 heavy (non-hydrogen) atoms. The van der Waals surface area contributed by atoms with Gasteiger partial charge in [-0.3, -0.25) is 9.80 Å². The lowest BCUT2D eigenvalue weighted by atomic mass is 10.1. The Morgan fingerprint density at radius 1 is 1.09 bits per heavy atom. The molecular formula is C16H17F3N4. The second-order valence-corrected chi connectivity index (χ2v) is 5.80. The molecule has 7 heteroatoms. The Bertz CT molecular complexity index is 721. The van der Waals surface area contributed by atoms with Gasteiger partial charge in [-0.05, 0) is 12.1 Å². The molecule has 4 nitrogen and oxygen atoms in total. The van der Waals surface area contributed by atoms with Crippen LogP contribution < -0.4 is 0 Å². The van der Waals surface area contributed by atoms with Crippen molar-refractivity contribution in [2.75, 3.05) is 32.7 Å². The summed E-state index contributed by atoms with van der Waals surface area (Å²) in [6, 6.07) is 7.91. The molecule has 0 radical (unpaired) electrons. The normalized spacial score (nSPS) is 17.5. The molecule has 3 heterocycles. The van der Waals surface area contributed by atoms with Crippen molar-refractivity contribution < 1.29 is 13.2 Å². The predicted octanol–water partition coefficient (Wildman–Crippen LogP) is 2.49. The molecule has 0 unspecified atom stereocenters. The summed E-state index contributed by atoms with van der Waals surface area (Å²) < 4.78 is 39.1. The first-order valence-corrected chi connectivity index (χ1v) is 7.46. The monoisotopic (exact) mass is 322 g/mol. The highest BCUT2D eigenvalue weighted by Crippen LogP contribution is 2.21. The molecule has 1 saturated heterocycles. The second kappa shape index (κ2) is 6.22. The molecule has 0 aromatic carbocycles. The van der Waals surface area contributed by atoms with Gasteiger partial charge in [0.2, 0.25) is 0 Å². The van der Waals surface area contributed by atoms with Gasteiger partial charge in [-0.1, -0.05) is 6.07 Å². The van der Waals surface area contributed by atoms with Crippen LogP contribution in [0.2, 0.25) is 0 Å². The van der Waals surface area contributed by atoms with Crippen LogP contribution in [0, 0.1) is 11.3 Å². The van der Waals surface area contributed by atoms with Gasteiger partial charge in [-0.2, -0.15) is 18.4 Å². The van der Waals surface area contributed by atoms with E-state index in [1.165, 1.54) is 4.90 Å². The van der Waals surface area contributed by atoms with E-state index in [9.17, 15) is 18.4 Å². The lowest BCUT2D eigenvalue weighted by Gasteiger charge is -2.34. The first-order chi connectivity index (χ1) is 11.0. The van der Waals surface area contributed by atoms with E-state index in [1.807, 2.05) is 35.0 Å². The number of nitriles is 1. The fraction of sp³-hybridized carbons (Fsp3) is 0.438. The summed E-state index contributed by atoms with van der Waals surface area (Å²) in [6.45, 7) is 1.69. The SMILES string of the molecule is N#Cc1c(CN2CCN(CC(F)(F)F)CC2)cn2ccccc12. The lowest BCUT2D eigenvalue weighted by molar-refractivity contribution is -0.149. The number of rotatable bonds is 3. The zero-order chi connectivity index (χ0) is 16.4. The maximum Gasteiger partial charge on any atom is 0.401 e. The van der Waals surface area contributed by atoms with Crippen LogP contribution in [0.1, 0.15) is 11.1 Å². The third kappa shape index (κ3) is 3.66. The topological polar surface area (TPSA) is 34.7 Å². The highest BCUT2D eigenvalue weighted by Gasteiger charge is 2.32. The minimum Gasteiger partial charge on any atom is -0.322 e. The third-order valence-corrected chi connectivity index (χ3v) is 4.14. The van der Waals surface area contributed by atoms with Gasteiger partial charge in [0.25, 0.3) is 0 Å². The van der Waals surface area contributed by atoms with Crippen LogP contribution in [-0.2, 0) is 6.54 Å². The van der Waals surface area contributed by atoms with Gasteiger partial charge in [0.1, 0.15) is 6.07 Å². The number of alkyl halides is 3. The van der Waals surface area contributed by atoms with Crippen molar-refractivity contribution in [3.8, 4) is 6.07 Å². The fourth-order valence-electron chi connectivity index (χ4n) is 3.03. The van der Waals surface area contributed by atoms with Crippen molar-refractivity contribution >= 4 is 5.52 Å². The molecule has 2 aromatic rings. The molecule has 2 aromatic heterocycles. The number of hydrogen-bond acceptors (Lipinski definition) is 3. The summed E-state index contributed by atoms with van der Waals surface area (Å²) in [5.74, 6) is 0. The molecule has 0 bridgehead atoms. The number of halogens is 3. The number of piperazine rings is 1. The van der Waals surface area contributed by atoms with E-state index < -0.39 is 12.7 Å². The molecule has 1 aliphatic heterocycles. The number of nitrogens with zero attached hydrogens (tertiary/aromatic N) is 4. The van der Waals surface area contributed by atoms with Crippen LogP contribution in [0.5, 0.6) is 0 Å². The van der Waals surface area contributed by atoms with E-state index in [4.69, 9.17) is 0 Å². The van der Waals surface area contributed by atoms with Crippen LogP contribution >= 0.6 is 0 Å². The van der Waals surface area contributed by atoms with E-state index in [1.54, 1.807) is 0 Å². The standard InChI is InChI=1S/C16H17F3N4/c17-16(18,19)12-22-7-5-21(6-8-22)10-13-11-23-4-2-1-3-15(23)14(13)9-20/h1-4,11H,5-8,10,12H2. The maximum absolute atomic E-state index is 12.4. The van der Waals surface area contributed by atoms with E-state index in [0.29, 0.717) is 38.3 Å². The summed E-state index contributed by atoms with van der Waals surface area (Å²) >= 11 is 0. The minimum absolute atomic E-state index is 0.398. The molecule has 0 saturated carbocycles. The average molecular weight is 322 g/mol. The summed E-state index contributed by atoms with van der Waals surface area (Å²) in [5, 5.41) is 9.39. The fourth-order valence-corrected chi connectivity index (χ4v) is 3.03. The Morgan fingerprint density at radius 2 is 1.78 bits per heavy atom. The van der Waals surface area contributed by atoms with Crippen LogP contribution in [0.4, 0.5) is 13.2 Å². The van der Waals surface area contributed by atoms with Gasteiger partial charge >= 0.3 is 6.18 Å². The summed E-state index contributed by atoms with van der Waals surface area (Å²) in [4.78, 5) is 3.53. The summed E-state index contributed by atoms with van der Waals surface area (Å²) in [6.07, 6.45) is -0.326. The Morgan fingerprint density at radius 3 is 2.43 bits per heavy atom. The molecule has 0 amide bonds. The average Bonchev–Trinajstić information content (AvgIpc) is 2.85. The molecule has 3 rings (SSSR count). The Labute approximate surface area is 132 Å². The molecule has 122 valence electrons. The zero-order valence-corrected chi connectivity index (χ0v) is 12.6. The third-order valence-electron chi connectivity index (χ3n) is 4.14. The van der Waals surface area contributed by atoms with Crippen molar-refractivity contribution in [1.29, 1.82) is 5.26 Å². The summed E-state index contributed by atoms with van der Waals surface area (Å²) in [7, 11) is 0. The van der Waals surface area contributed by atoms with Crippen LogP contribution in [-0.4, -0.2) is 53.1 Å². The first kappa shape index (κ1) is 15.8. The lowest BCUT2D eigenvalue weighted by Crippen LogP contribution is -2.48. The molecule has 0 spiro atoms. The highest BCUT2D eigenvalue weighted by molar-refractivity contribution is 5.65. The summed E-state index contributed by atoms with van der Waals surface area (Å²) in [5.41, 5.74) is 2.42. The minimum atomic E-state index is -4.14. The zero-order valence-electron chi connectivity index (χ0n) is 12.6. The van der Waals surface area contributed by atoms with Gasteiger partial charge in [-0.15, -0.1) is 0 Å². The molecule has 0 atom stereocenters. The van der Waals surface area contributed by atoms with Gasteiger partial charge < -0.3 is 4.40 Å². The Hall–Kier alpha value is -2.04. The molecule has 1 aliphatic rings. The van der Waals surface area contributed by atoms with E-state index in [2.05, 4.69) is 11.0 Å². The van der Waals surface area contributed by atoms with Crippen molar-refractivity contribution in [2.24, 2.45) is 0 Å². The van der Waals surface area contributed by atoms with Crippen LogP contribution in [0.3, 0.4) is 0 Å². The smallest absolute Gasteiger partial charge is 0.322 e. The van der Waals surface area contributed by atoms with Crippen molar-refractivity contribution in [1.82, 2.24) is 14.2 Å². The predicted molar refractivity (Wildman–Crippen MR) is 79.9 cm³/mol. The molecular weight excluding hydrogens is 305 g/mol. The van der Waals surface area contributed by atoms with Crippen molar-refractivity contribution in [3.63, 3.8) is 0 Å². The van der Waals surface area contributed by atoms with Crippen LogP contribution in [0.25, 0.3) is 5.52 Å². The van der Waals surface area contributed by atoms with Gasteiger partial charge in [0.05, 0.1) is 17.6 Å². The van der Waals surface area contributed by atoms with Crippen molar-refractivity contribution in [2.45, 2.75) is 12.7 Å². The molecule has 0 aliphatic carbocycles. The quantitative estimate of drug-likeness (QED) is 0.871. The number of hydrogen-bond donors (Lipinski definition) is 0. The van der Waals surface area contributed by atoms with Gasteiger partial charge in [0, 0.05) is 50.7 Å². The molecule has 0 N–H and O–H groups in total.